The number of aromatic amines is 1. The van der Waals surface area contributed by atoms with Crippen LogP contribution in [0.4, 0.5) is 27.5 Å². The first-order valence-corrected chi connectivity index (χ1v) is 28.9. The fraction of sp³-hybridized carbons (Fsp3) is 0.435. The highest BCUT2D eigenvalue weighted by Crippen LogP contribution is 2.46. The number of sulfonamides is 1. The van der Waals surface area contributed by atoms with E-state index in [-0.39, 0.29) is 22.8 Å². The average molecular weight is 1030 g/mol. The van der Waals surface area contributed by atoms with Gasteiger partial charge >= 0.3 is 6.09 Å². The van der Waals surface area contributed by atoms with Crippen LogP contribution in [0.2, 0.25) is 0 Å². The second kappa shape index (κ2) is 23.5. The highest BCUT2D eigenvalue weighted by atomic mass is 32.2. The zero-order chi connectivity index (χ0) is 53.5. The lowest BCUT2D eigenvalue weighted by molar-refractivity contribution is 0.153. The van der Waals surface area contributed by atoms with E-state index in [1.165, 1.54) is 19.3 Å². The molecule has 0 spiro atoms. The molecule has 13 heteroatoms. The van der Waals surface area contributed by atoms with Gasteiger partial charge < -0.3 is 19.4 Å². The second-order valence-corrected chi connectivity index (χ2v) is 23.5. The van der Waals surface area contributed by atoms with Crippen molar-refractivity contribution in [2.24, 2.45) is 0 Å². The van der Waals surface area contributed by atoms with Gasteiger partial charge in [-0.25, -0.2) is 18.1 Å². The molecule has 2 heterocycles. The van der Waals surface area contributed by atoms with Gasteiger partial charge in [-0.15, -0.1) is 9.73 Å². The van der Waals surface area contributed by atoms with Crippen molar-refractivity contribution in [3.8, 4) is 28.3 Å². The Bertz CT molecular complexity index is 3140. The predicted octanol–water partition coefficient (Wildman–Crippen LogP) is 15.7. The number of aryl methyl sites for hydroxylation is 1. The van der Waals surface area contributed by atoms with Crippen molar-refractivity contribution in [3.05, 3.63) is 137 Å². The summed E-state index contributed by atoms with van der Waals surface area (Å²) in [6, 6.07) is 35.6. The molecular formula is C62H79N7O5S. The fourth-order valence-electron chi connectivity index (χ4n) is 10.5. The van der Waals surface area contributed by atoms with Gasteiger partial charge in [0.1, 0.15) is 22.9 Å². The van der Waals surface area contributed by atoms with Crippen LogP contribution in [-0.2, 0) is 25.6 Å². The number of hydrogen-bond donors (Lipinski definition) is 2. The summed E-state index contributed by atoms with van der Waals surface area (Å²) >= 11 is 0. The van der Waals surface area contributed by atoms with Crippen LogP contribution in [0.3, 0.4) is 0 Å². The lowest BCUT2D eigenvalue weighted by atomic mass is 9.80. The number of carbonyl (C=O) groups is 1. The topological polar surface area (TPSA) is 134 Å². The van der Waals surface area contributed by atoms with Crippen LogP contribution < -0.4 is 19.3 Å². The van der Waals surface area contributed by atoms with E-state index in [4.69, 9.17) is 19.7 Å². The maximum Gasteiger partial charge on any atom is 0.419 e. The van der Waals surface area contributed by atoms with Gasteiger partial charge in [0, 0.05) is 41.4 Å². The van der Waals surface area contributed by atoms with Crippen molar-refractivity contribution in [1.82, 2.24) is 19.8 Å². The number of ether oxygens (including phenoxy) is 2. The van der Waals surface area contributed by atoms with Gasteiger partial charge in [0.2, 0.25) is 0 Å². The molecule has 0 saturated heterocycles. The van der Waals surface area contributed by atoms with Crippen LogP contribution in [-0.4, -0.2) is 60.6 Å². The van der Waals surface area contributed by atoms with Crippen LogP contribution in [0, 0.1) is 6.92 Å². The number of unbranched alkanes of at least 4 members (excludes halogenated alkanes) is 7. The quantitative estimate of drug-likeness (QED) is 0.0572. The maximum atomic E-state index is 15.2. The number of carbonyl (C=O) groups excluding carboxylic acids is 1. The van der Waals surface area contributed by atoms with E-state index in [9.17, 15) is 8.42 Å². The predicted molar refractivity (Wildman–Crippen MR) is 307 cm³/mol. The number of H-pyrrole nitrogens is 1. The van der Waals surface area contributed by atoms with Crippen molar-refractivity contribution in [2.75, 3.05) is 40.8 Å². The number of nitrogens with zero attached hydrogens (tertiary/aromatic N) is 5. The first-order chi connectivity index (χ1) is 36.0. The Morgan fingerprint density at radius 3 is 2.03 bits per heavy atom. The number of hydrogen-bond acceptors (Lipinski definition) is 8. The van der Waals surface area contributed by atoms with Crippen LogP contribution in [0.1, 0.15) is 160 Å². The molecule has 2 N–H and O–H groups in total. The number of amides is 1. The van der Waals surface area contributed by atoms with E-state index in [1.54, 1.807) is 27.7 Å². The van der Waals surface area contributed by atoms with E-state index in [0.29, 0.717) is 52.1 Å². The van der Waals surface area contributed by atoms with Gasteiger partial charge in [0.15, 0.2) is 11.5 Å². The lowest BCUT2D eigenvalue weighted by Gasteiger charge is -2.29. The molecule has 0 bridgehead atoms. The molecule has 1 amide bonds. The molecule has 75 heavy (non-hydrogen) atoms. The minimum atomic E-state index is -4.08. The van der Waals surface area contributed by atoms with Crippen molar-refractivity contribution in [1.29, 1.82) is 0 Å². The highest BCUT2D eigenvalue weighted by Gasteiger charge is 2.37. The van der Waals surface area contributed by atoms with E-state index < -0.39 is 21.5 Å². The SMILES string of the molecule is CCCCCCCCOc1ccc(C(C)(C)CCCCC)cc1S(=O)(=O)Nc1ccc(-c2nn3nc(C(C)(C)C)c(N(C(=O)OCC4c5ccccc5-c5ccccc54)c4ccc(N(CC)CC)cc4C)c3[nH]2)cc1. The summed E-state index contributed by atoms with van der Waals surface area (Å²) in [7, 11) is -4.08. The summed E-state index contributed by atoms with van der Waals surface area (Å²) in [5.41, 5.74) is 10.2. The zero-order valence-electron chi connectivity index (χ0n) is 46.1. The summed E-state index contributed by atoms with van der Waals surface area (Å²) < 4.78 is 46.1. The summed E-state index contributed by atoms with van der Waals surface area (Å²) in [5, 5.41) is 10.0. The molecule has 0 fully saturated rings. The number of anilines is 4. The highest BCUT2D eigenvalue weighted by molar-refractivity contribution is 7.92. The standard InChI is InChI=1S/C62H79N7O5S/c1-11-15-17-18-19-25-39-73-54-37-32-45(62(9,10)38-24-16-12-2)41-55(54)75(71,72)66-46-33-30-44(31-34-46)58-63-59-56(57(61(6,7)8)64-69(59)65-58)68(53-36-35-47(40-43(53)5)67(13-3)14-4)60(70)74-42-52-50-28-22-20-26-48(50)49-27-21-23-29-51(49)52/h20-23,26-37,40-41,52,66H,11-19,24-25,38-39,42H2,1-10H3,(H,63,65). The monoisotopic (exact) mass is 1030 g/mol. The molecule has 7 aromatic rings. The Morgan fingerprint density at radius 2 is 1.39 bits per heavy atom. The van der Waals surface area contributed by atoms with Crippen molar-refractivity contribution >= 4 is 44.5 Å². The van der Waals surface area contributed by atoms with Crippen LogP contribution in [0.5, 0.6) is 5.75 Å². The molecule has 0 saturated carbocycles. The van der Waals surface area contributed by atoms with Crippen molar-refractivity contribution < 1.29 is 22.7 Å². The minimum absolute atomic E-state index is 0.131. The Balaban J connectivity index is 1.11. The van der Waals surface area contributed by atoms with E-state index >= 15 is 4.79 Å². The molecule has 0 aliphatic heterocycles. The van der Waals surface area contributed by atoms with E-state index in [0.717, 1.165) is 97.1 Å². The summed E-state index contributed by atoms with van der Waals surface area (Å²) in [4.78, 5) is 22.8. The maximum absolute atomic E-state index is 15.2. The van der Waals surface area contributed by atoms with Crippen molar-refractivity contribution in [2.45, 2.75) is 155 Å². The molecular weight excluding hydrogens is 955 g/mol. The number of nitrogens with one attached hydrogen (secondary N) is 2. The summed E-state index contributed by atoms with van der Waals surface area (Å²) in [6.45, 7) is 23.5. The first kappa shape index (κ1) is 54.7. The molecule has 12 nitrogen and oxygen atoms in total. The third-order valence-electron chi connectivity index (χ3n) is 14.9. The molecule has 398 valence electrons. The number of benzene rings is 5. The van der Waals surface area contributed by atoms with Crippen LogP contribution >= 0.6 is 0 Å². The first-order valence-electron chi connectivity index (χ1n) is 27.4. The molecule has 0 radical (unpaired) electrons. The molecule has 0 unspecified atom stereocenters. The molecule has 5 aromatic carbocycles. The van der Waals surface area contributed by atoms with Crippen LogP contribution in [0.25, 0.3) is 28.2 Å². The van der Waals surface area contributed by atoms with Crippen molar-refractivity contribution in [3.63, 3.8) is 0 Å². The molecule has 1 aliphatic rings. The third kappa shape index (κ3) is 12.1. The van der Waals surface area contributed by atoms with Gasteiger partial charge in [0.05, 0.1) is 18.0 Å². The Kier molecular flexibility index (Phi) is 17.1. The average Bonchev–Trinajstić information content (AvgIpc) is 4.07. The minimum Gasteiger partial charge on any atom is -0.492 e. The van der Waals surface area contributed by atoms with Gasteiger partial charge in [-0.3, -0.25) is 4.72 Å². The lowest BCUT2D eigenvalue weighted by Crippen LogP contribution is -2.31. The second-order valence-electron chi connectivity index (χ2n) is 21.8. The summed E-state index contributed by atoms with van der Waals surface area (Å²) in [6.07, 6.45) is 10.4. The Labute approximate surface area is 446 Å². The smallest absolute Gasteiger partial charge is 0.419 e. The fourth-order valence-corrected chi connectivity index (χ4v) is 11.7. The summed E-state index contributed by atoms with van der Waals surface area (Å²) in [5.74, 6) is 0.697. The molecule has 2 aromatic heterocycles. The Morgan fingerprint density at radius 1 is 0.747 bits per heavy atom. The van der Waals surface area contributed by atoms with Gasteiger partial charge in [-0.2, -0.15) is 5.10 Å². The molecule has 8 rings (SSSR count). The van der Waals surface area contributed by atoms with Gasteiger partial charge in [-0.05, 0) is 127 Å². The normalized spacial score (nSPS) is 12.7. The number of rotatable bonds is 24. The Hall–Kier alpha value is -6.60. The zero-order valence-corrected chi connectivity index (χ0v) is 46.9. The van der Waals surface area contributed by atoms with Crippen LogP contribution in [0.15, 0.2) is 114 Å². The largest absolute Gasteiger partial charge is 0.492 e. The van der Waals surface area contributed by atoms with E-state index in [1.807, 2.05) is 61.5 Å². The molecule has 1 aliphatic carbocycles. The molecule has 0 atom stereocenters. The van der Waals surface area contributed by atoms with E-state index in [2.05, 4.69) is 113 Å². The van der Waals surface area contributed by atoms with Gasteiger partial charge in [0.25, 0.3) is 10.0 Å². The third-order valence-corrected chi connectivity index (χ3v) is 16.3. The number of fused-ring (bicyclic) bond motifs is 4. The van der Waals surface area contributed by atoms with Gasteiger partial charge in [-0.1, -0.05) is 154 Å². The number of aromatic nitrogens is 4.